The number of carbonyl (C=O) groups excluding carboxylic acids is 1. The van der Waals surface area contributed by atoms with Crippen LogP contribution in [-0.2, 0) is 11.8 Å². The molecule has 1 aliphatic rings. The van der Waals surface area contributed by atoms with Gasteiger partial charge in [0, 0.05) is 31.8 Å². The fraction of sp³-hybridized carbons (Fsp3) is 0.353. The number of aromatic nitrogens is 2. The van der Waals surface area contributed by atoms with Gasteiger partial charge in [0.1, 0.15) is 0 Å². The Morgan fingerprint density at radius 2 is 2.00 bits per heavy atom. The van der Waals surface area contributed by atoms with E-state index in [1.54, 1.807) is 15.8 Å². The van der Waals surface area contributed by atoms with Gasteiger partial charge in [0.2, 0.25) is 5.91 Å². The summed E-state index contributed by atoms with van der Waals surface area (Å²) in [6, 6.07) is 5.31. The van der Waals surface area contributed by atoms with E-state index in [0.717, 1.165) is 16.8 Å². The van der Waals surface area contributed by atoms with E-state index in [-0.39, 0.29) is 18.5 Å². The summed E-state index contributed by atoms with van der Waals surface area (Å²) in [5.41, 5.74) is 3.96. The Balaban J connectivity index is 2.17. The van der Waals surface area contributed by atoms with Crippen molar-refractivity contribution in [2.75, 3.05) is 16.3 Å². The van der Waals surface area contributed by atoms with Crippen molar-refractivity contribution in [3.05, 3.63) is 30.1 Å². The molecule has 1 aromatic carbocycles. The van der Waals surface area contributed by atoms with Gasteiger partial charge in [-0.25, -0.2) is 4.79 Å². The van der Waals surface area contributed by atoms with Gasteiger partial charge in [0.15, 0.2) is 0 Å². The summed E-state index contributed by atoms with van der Waals surface area (Å²) in [6.07, 6.45) is 0.738. The largest absolute Gasteiger partial charge is 0.465 e. The molecular weight excluding hydrogens is 308 g/mol. The molecule has 0 radical (unpaired) electrons. The van der Waals surface area contributed by atoms with Crippen LogP contribution in [0.25, 0.3) is 11.1 Å². The van der Waals surface area contributed by atoms with E-state index in [4.69, 9.17) is 0 Å². The van der Waals surface area contributed by atoms with Crippen LogP contribution < -0.4 is 9.80 Å². The van der Waals surface area contributed by atoms with Gasteiger partial charge in [0.05, 0.1) is 23.6 Å². The number of aryl methyl sites for hydroxylation is 1. The zero-order valence-electron chi connectivity index (χ0n) is 14.1. The smallest absolute Gasteiger partial charge is 0.411 e. The Morgan fingerprint density at radius 3 is 2.54 bits per heavy atom. The molecule has 0 saturated heterocycles. The highest BCUT2D eigenvalue weighted by molar-refractivity contribution is 6.02. The van der Waals surface area contributed by atoms with Gasteiger partial charge < -0.3 is 10.0 Å². The Kier molecular flexibility index (Phi) is 3.79. The van der Waals surface area contributed by atoms with Crippen LogP contribution in [0, 0.1) is 6.92 Å². The predicted molar refractivity (Wildman–Crippen MR) is 91.4 cm³/mol. The summed E-state index contributed by atoms with van der Waals surface area (Å²) >= 11 is 0. The Bertz CT molecular complexity index is 827. The number of hydrogen-bond donors (Lipinski definition) is 1. The molecule has 1 aromatic heterocycles. The third-order valence-corrected chi connectivity index (χ3v) is 4.53. The first-order chi connectivity index (χ1) is 11.3. The molecule has 3 rings (SSSR count). The standard InChI is InChI=1S/C17H20N4O3/c1-10-9-20(17(23)24)16-7-13(14-8-18-19(4)11(14)2)5-6-15(16)21(10)12(3)22/h5-8,10H,9H2,1-4H3,(H,23,24)/t10-/m0/s1. The van der Waals surface area contributed by atoms with Crippen molar-refractivity contribution in [1.82, 2.24) is 9.78 Å². The minimum absolute atomic E-state index is 0.0981. The van der Waals surface area contributed by atoms with E-state index in [0.29, 0.717) is 11.4 Å². The van der Waals surface area contributed by atoms with Crippen molar-refractivity contribution in [2.45, 2.75) is 26.8 Å². The van der Waals surface area contributed by atoms with Crippen LogP contribution in [0.2, 0.25) is 0 Å². The quantitative estimate of drug-likeness (QED) is 0.873. The lowest BCUT2D eigenvalue weighted by Gasteiger charge is -2.39. The van der Waals surface area contributed by atoms with E-state index >= 15 is 0 Å². The van der Waals surface area contributed by atoms with Gasteiger partial charge in [-0.15, -0.1) is 0 Å². The topological polar surface area (TPSA) is 78.7 Å². The van der Waals surface area contributed by atoms with Crippen LogP contribution in [0.5, 0.6) is 0 Å². The normalized spacial score (nSPS) is 16.9. The summed E-state index contributed by atoms with van der Waals surface area (Å²) in [5.74, 6) is -0.0981. The average Bonchev–Trinajstić information content (AvgIpc) is 2.85. The summed E-state index contributed by atoms with van der Waals surface area (Å²) in [5, 5.41) is 13.8. The van der Waals surface area contributed by atoms with Crippen molar-refractivity contribution >= 4 is 23.4 Å². The van der Waals surface area contributed by atoms with E-state index in [9.17, 15) is 14.7 Å². The van der Waals surface area contributed by atoms with Crippen LogP contribution in [0.4, 0.5) is 16.2 Å². The molecule has 1 atom stereocenters. The maximum Gasteiger partial charge on any atom is 0.411 e. The van der Waals surface area contributed by atoms with Crippen LogP contribution >= 0.6 is 0 Å². The van der Waals surface area contributed by atoms with Crippen LogP contribution in [0.3, 0.4) is 0 Å². The van der Waals surface area contributed by atoms with Gasteiger partial charge in [0.25, 0.3) is 0 Å². The van der Waals surface area contributed by atoms with E-state index in [2.05, 4.69) is 5.10 Å². The molecule has 0 saturated carbocycles. The molecule has 2 aromatic rings. The van der Waals surface area contributed by atoms with Gasteiger partial charge in [-0.3, -0.25) is 14.4 Å². The Labute approximate surface area is 140 Å². The predicted octanol–water partition coefficient (Wildman–Crippen LogP) is 2.63. The van der Waals surface area contributed by atoms with Gasteiger partial charge in [-0.1, -0.05) is 6.07 Å². The zero-order valence-corrected chi connectivity index (χ0v) is 14.1. The fourth-order valence-corrected chi connectivity index (χ4v) is 3.24. The lowest BCUT2D eigenvalue weighted by Crippen LogP contribution is -2.51. The summed E-state index contributed by atoms with van der Waals surface area (Å²) in [4.78, 5) is 26.6. The highest BCUT2D eigenvalue weighted by atomic mass is 16.4. The van der Waals surface area contributed by atoms with Gasteiger partial charge >= 0.3 is 6.09 Å². The minimum atomic E-state index is -1.02. The number of rotatable bonds is 1. The SMILES string of the molecule is CC(=O)N1c2ccc(-c3cnn(C)c3C)cc2N(C(=O)O)C[C@@H]1C. The second kappa shape index (κ2) is 5.67. The monoisotopic (exact) mass is 328 g/mol. The number of amides is 2. The fourth-order valence-electron chi connectivity index (χ4n) is 3.24. The van der Waals surface area contributed by atoms with Crippen LogP contribution in [-0.4, -0.2) is 39.5 Å². The number of benzene rings is 1. The molecule has 0 aliphatic carbocycles. The van der Waals surface area contributed by atoms with E-state index < -0.39 is 6.09 Å². The Hall–Kier alpha value is -2.83. The lowest BCUT2D eigenvalue weighted by molar-refractivity contribution is -0.117. The maximum atomic E-state index is 12.0. The third kappa shape index (κ3) is 2.42. The molecule has 2 heterocycles. The molecule has 2 amide bonds. The number of carbonyl (C=O) groups is 2. The second-order valence-corrected chi connectivity index (χ2v) is 6.10. The average molecular weight is 328 g/mol. The highest BCUT2D eigenvalue weighted by Gasteiger charge is 2.33. The molecule has 0 unspecified atom stereocenters. The van der Waals surface area contributed by atoms with Crippen molar-refractivity contribution < 1.29 is 14.7 Å². The number of anilines is 2. The number of carboxylic acid groups (broad SMARTS) is 1. The molecule has 0 bridgehead atoms. The third-order valence-electron chi connectivity index (χ3n) is 4.53. The minimum Gasteiger partial charge on any atom is -0.465 e. The van der Waals surface area contributed by atoms with Crippen LogP contribution in [0.1, 0.15) is 19.5 Å². The number of fused-ring (bicyclic) bond motifs is 1. The maximum absolute atomic E-state index is 12.0. The number of hydrogen-bond acceptors (Lipinski definition) is 3. The van der Waals surface area contributed by atoms with Crippen molar-refractivity contribution in [2.24, 2.45) is 7.05 Å². The molecule has 7 heteroatoms. The summed E-state index contributed by atoms with van der Waals surface area (Å²) in [7, 11) is 1.86. The van der Waals surface area contributed by atoms with E-state index in [1.165, 1.54) is 11.8 Å². The molecule has 1 N–H and O–H groups in total. The molecular formula is C17H20N4O3. The first-order valence-electron chi connectivity index (χ1n) is 7.74. The molecule has 24 heavy (non-hydrogen) atoms. The second-order valence-electron chi connectivity index (χ2n) is 6.10. The number of nitrogens with zero attached hydrogens (tertiary/aromatic N) is 4. The summed E-state index contributed by atoms with van der Waals surface area (Å²) < 4.78 is 1.77. The molecule has 126 valence electrons. The highest BCUT2D eigenvalue weighted by Crippen LogP contribution is 2.39. The van der Waals surface area contributed by atoms with E-state index in [1.807, 2.05) is 39.1 Å². The van der Waals surface area contributed by atoms with Gasteiger partial charge in [-0.05, 0) is 31.5 Å². The van der Waals surface area contributed by atoms with Crippen LogP contribution in [0.15, 0.2) is 24.4 Å². The van der Waals surface area contributed by atoms with Crippen molar-refractivity contribution in [1.29, 1.82) is 0 Å². The van der Waals surface area contributed by atoms with Crippen molar-refractivity contribution in [3.63, 3.8) is 0 Å². The first kappa shape index (κ1) is 16.0. The zero-order chi connectivity index (χ0) is 17.6. The molecule has 7 nitrogen and oxygen atoms in total. The first-order valence-corrected chi connectivity index (χ1v) is 7.74. The van der Waals surface area contributed by atoms with Crippen molar-refractivity contribution in [3.8, 4) is 11.1 Å². The Morgan fingerprint density at radius 1 is 1.29 bits per heavy atom. The lowest BCUT2D eigenvalue weighted by atomic mass is 10.0. The molecule has 0 spiro atoms. The molecule has 1 aliphatic heterocycles. The van der Waals surface area contributed by atoms with Gasteiger partial charge in [-0.2, -0.15) is 5.10 Å². The molecule has 0 fully saturated rings. The summed E-state index contributed by atoms with van der Waals surface area (Å²) in [6.45, 7) is 5.55.